The van der Waals surface area contributed by atoms with Crippen LogP contribution in [-0.2, 0) is 9.31 Å². The zero-order chi connectivity index (χ0) is 19.0. The van der Waals surface area contributed by atoms with Crippen molar-refractivity contribution in [3.05, 3.63) is 53.6 Å². The number of hydrogen-bond acceptors (Lipinski definition) is 3. The van der Waals surface area contributed by atoms with Crippen LogP contribution in [0.4, 0.5) is 0 Å². The Morgan fingerprint density at radius 3 is 2.15 bits per heavy atom. The number of hydrogen-bond donors (Lipinski definition) is 0. The molecule has 0 atom stereocenters. The van der Waals surface area contributed by atoms with E-state index in [-0.39, 0.29) is 11.2 Å². The summed E-state index contributed by atoms with van der Waals surface area (Å²) in [7, 11) is -0.429. The predicted molar refractivity (Wildman–Crippen MR) is 112 cm³/mol. The summed E-state index contributed by atoms with van der Waals surface area (Å²) in [5.41, 5.74) is 1.89. The van der Waals surface area contributed by atoms with Crippen molar-refractivity contribution in [3.8, 4) is 0 Å². The molecule has 0 amide bonds. The molecule has 5 heteroatoms. The third-order valence-corrected chi connectivity index (χ3v) is 6.22. The molecule has 3 nitrogen and oxygen atoms in total. The van der Waals surface area contributed by atoms with Gasteiger partial charge in [0, 0.05) is 27.2 Å². The molecule has 0 N–H and O–H groups in total. The van der Waals surface area contributed by atoms with Gasteiger partial charge in [-0.3, -0.25) is 0 Å². The molecule has 1 aliphatic rings. The van der Waals surface area contributed by atoms with Crippen molar-refractivity contribution >= 4 is 56.9 Å². The molecule has 1 aromatic heterocycles. The van der Waals surface area contributed by atoms with Gasteiger partial charge in [-0.15, -0.1) is 0 Å². The maximum absolute atomic E-state index is 6.34. The van der Waals surface area contributed by atoms with Crippen LogP contribution in [-0.4, -0.2) is 18.3 Å². The second-order valence-corrected chi connectivity index (χ2v) is 8.66. The van der Waals surface area contributed by atoms with Gasteiger partial charge in [0.2, 0.25) is 0 Å². The topological polar surface area (TPSA) is 31.6 Å². The number of halogens is 1. The Bertz CT molecular complexity index is 1190. The Balaban J connectivity index is 1.83. The van der Waals surface area contributed by atoms with Crippen LogP contribution in [0.25, 0.3) is 32.7 Å². The van der Waals surface area contributed by atoms with Crippen LogP contribution in [0, 0.1) is 0 Å². The lowest BCUT2D eigenvalue weighted by Crippen LogP contribution is -2.41. The molecular formula is C22H20BClO3. The number of furan rings is 1. The van der Waals surface area contributed by atoms with E-state index in [0.29, 0.717) is 5.02 Å². The minimum atomic E-state index is -0.429. The molecule has 0 radical (unpaired) electrons. The first-order valence-corrected chi connectivity index (χ1v) is 9.54. The summed E-state index contributed by atoms with van der Waals surface area (Å²) < 4.78 is 18.9. The van der Waals surface area contributed by atoms with Gasteiger partial charge in [-0.2, -0.15) is 0 Å². The van der Waals surface area contributed by atoms with Gasteiger partial charge < -0.3 is 13.7 Å². The quantitative estimate of drug-likeness (QED) is 0.399. The van der Waals surface area contributed by atoms with E-state index in [4.69, 9.17) is 25.3 Å². The molecule has 1 aliphatic heterocycles. The Hall–Kier alpha value is -2.01. The molecule has 1 saturated heterocycles. The highest BCUT2D eigenvalue weighted by Crippen LogP contribution is 2.39. The summed E-state index contributed by atoms with van der Waals surface area (Å²) in [6.45, 7) is 8.29. The van der Waals surface area contributed by atoms with E-state index >= 15 is 0 Å². The third-order valence-electron chi connectivity index (χ3n) is 5.98. The highest BCUT2D eigenvalue weighted by atomic mass is 35.5. The van der Waals surface area contributed by atoms with Gasteiger partial charge in [-0.1, -0.05) is 41.9 Å². The van der Waals surface area contributed by atoms with E-state index in [1.807, 2.05) is 30.3 Å². The van der Waals surface area contributed by atoms with Gasteiger partial charge >= 0.3 is 7.12 Å². The molecule has 0 unspecified atom stereocenters. The largest absolute Gasteiger partial charge is 0.495 e. The lowest BCUT2D eigenvalue weighted by molar-refractivity contribution is 0.00578. The molecule has 0 bridgehead atoms. The zero-order valence-corrected chi connectivity index (χ0v) is 16.6. The molecule has 0 spiro atoms. The maximum atomic E-state index is 6.34. The Labute approximate surface area is 163 Å². The average Bonchev–Trinajstić information content (AvgIpc) is 3.07. The van der Waals surface area contributed by atoms with E-state index in [0.717, 1.165) is 38.2 Å². The molecular weight excluding hydrogens is 359 g/mol. The van der Waals surface area contributed by atoms with Crippen molar-refractivity contribution in [2.75, 3.05) is 0 Å². The Kier molecular flexibility index (Phi) is 3.49. The first-order valence-electron chi connectivity index (χ1n) is 9.16. The third kappa shape index (κ3) is 2.44. The van der Waals surface area contributed by atoms with Gasteiger partial charge in [0.1, 0.15) is 11.2 Å². The van der Waals surface area contributed by atoms with E-state index < -0.39 is 7.12 Å². The molecule has 2 heterocycles. The number of rotatable bonds is 1. The summed E-state index contributed by atoms with van der Waals surface area (Å²) in [6.07, 6.45) is 0. The van der Waals surface area contributed by atoms with Crippen LogP contribution in [0.1, 0.15) is 27.7 Å². The first kappa shape index (κ1) is 17.1. The minimum Gasteiger partial charge on any atom is -0.455 e. The fourth-order valence-corrected chi connectivity index (χ4v) is 3.93. The summed E-state index contributed by atoms with van der Waals surface area (Å²) in [4.78, 5) is 0. The van der Waals surface area contributed by atoms with Crippen molar-refractivity contribution in [3.63, 3.8) is 0 Å². The molecule has 4 aromatic rings. The van der Waals surface area contributed by atoms with Crippen LogP contribution in [0.5, 0.6) is 0 Å². The molecule has 1 fully saturated rings. The maximum Gasteiger partial charge on any atom is 0.495 e. The normalized spacial score (nSPS) is 18.8. The van der Waals surface area contributed by atoms with Crippen molar-refractivity contribution in [2.45, 2.75) is 38.9 Å². The van der Waals surface area contributed by atoms with Gasteiger partial charge in [0.25, 0.3) is 0 Å². The smallest absolute Gasteiger partial charge is 0.455 e. The monoisotopic (exact) mass is 378 g/mol. The lowest BCUT2D eigenvalue weighted by Gasteiger charge is -2.32. The highest BCUT2D eigenvalue weighted by Gasteiger charge is 2.52. The second-order valence-electron chi connectivity index (χ2n) is 8.22. The molecule has 136 valence electrons. The van der Waals surface area contributed by atoms with Gasteiger partial charge in [-0.05, 0) is 50.7 Å². The highest BCUT2D eigenvalue weighted by molar-refractivity contribution is 6.66. The summed E-state index contributed by atoms with van der Waals surface area (Å²) in [5, 5.41) is 4.88. The Morgan fingerprint density at radius 2 is 1.44 bits per heavy atom. The van der Waals surface area contributed by atoms with E-state index in [1.54, 1.807) is 0 Å². The Morgan fingerprint density at radius 1 is 0.778 bits per heavy atom. The van der Waals surface area contributed by atoms with Gasteiger partial charge in [-0.25, -0.2) is 0 Å². The summed E-state index contributed by atoms with van der Waals surface area (Å²) >= 11 is 6.16. The van der Waals surface area contributed by atoms with Crippen LogP contribution in [0.15, 0.2) is 52.9 Å². The van der Waals surface area contributed by atoms with Gasteiger partial charge in [0.15, 0.2) is 0 Å². The average molecular weight is 379 g/mol. The molecule has 5 rings (SSSR count). The SMILES string of the molecule is CC1(C)OB(c2cc3c4ccc(Cl)cc4oc3c3ccccc23)OC1(C)C. The van der Waals surface area contributed by atoms with E-state index in [9.17, 15) is 0 Å². The molecule has 27 heavy (non-hydrogen) atoms. The predicted octanol–water partition coefficient (Wildman–Crippen LogP) is 5.69. The molecule has 3 aromatic carbocycles. The first-order chi connectivity index (χ1) is 12.8. The number of fused-ring (bicyclic) bond motifs is 5. The van der Waals surface area contributed by atoms with Gasteiger partial charge in [0.05, 0.1) is 11.2 Å². The fraction of sp³-hybridized carbons (Fsp3) is 0.273. The van der Waals surface area contributed by atoms with E-state index in [1.165, 1.54) is 0 Å². The standard InChI is InChI=1S/C22H20BClO3/c1-21(2)22(3,4)27-23(26-21)18-12-17-15-10-9-13(24)11-19(15)25-20(17)16-8-6-5-7-14(16)18/h5-12H,1-4H3. The lowest BCUT2D eigenvalue weighted by atomic mass is 9.75. The van der Waals surface area contributed by atoms with Crippen LogP contribution >= 0.6 is 11.6 Å². The summed E-state index contributed by atoms with van der Waals surface area (Å²) in [6, 6.07) is 16.1. The van der Waals surface area contributed by atoms with Crippen LogP contribution in [0.2, 0.25) is 5.02 Å². The van der Waals surface area contributed by atoms with Crippen molar-refractivity contribution in [1.29, 1.82) is 0 Å². The van der Waals surface area contributed by atoms with E-state index in [2.05, 4.69) is 45.9 Å². The fourth-order valence-electron chi connectivity index (χ4n) is 3.76. The van der Waals surface area contributed by atoms with Crippen LogP contribution in [0.3, 0.4) is 0 Å². The van der Waals surface area contributed by atoms with Crippen LogP contribution < -0.4 is 5.46 Å². The zero-order valence-electron chi connectivity index (χ0n) is 15.8. The van der Waals surface area contributed by atoms with Crippen molar-refractivity contribution in [1.82, 2.24) is 0 Å². The summed E-state index contributed by atoms with van der Waals surface area (Å²) in [5.74, 6) is 0. The van der Waals surface area contributed by atoms with Crippen molar-refractivity contribution in [2.24, 2.45) is 0 Å². The molecule has 0 aliphatic carbocycles. The number of benzene rings is 3. The molecule has 0 saturated carbocycles. The second kappa shape index (κ2) is 5.51. The minimum absolute atomic E-state index is 0.389. The van der Waals surface area contributed by atoms with Crippen molar-refractivity contribution < 1.29 is 13.7 Å².